The number of aromatic hydroxyl groups is 1. The van der Waals surface area contributed by atoms with E-state index in [0.29, 0.717) is 12.0 Å². The summed E-state index contributed by atoms with van der Waals surface area (Å²) in [4.78, 5) is 60.8. The van der Waals surface area contributed by atoms with Gasteiger partial charge in [0.15, 0.2) is 0 Å². The van der Waals surface area contributed by atoms with Crippen LogP contribution in [0.1, 0.15) is 38.7 Å². The topological polar surface area (TPSA) is 208 Å². The molecule has 1 rings (SSSR count). The molecule has 0 aliphatic heterocycles. The first kappa shape index (κ1) is 30.7. The highest BCUT2D eigenvalue weighted by Crippen LogP contribution is 2.12. The fourth-order valence-electron chi connectivity index (χ4n) is 3.12. The van der Waals surface area contributed by atoms with Crippen molar-refractivity contribution in [2.24, 2.45) is 11.7 Å². The van der Waals surface area contributed by atoms with Crippen LogP contribution in [0.4, 0.5) is 0 Å². The smallest absolute Gasteiger partial charge is 0.326 e. The van der Waals surface area contributed by atoms with Gasteiger partial charge in [-0.15, -0.1) is 0 Å². The van der Waals surface area contributed by atoms with Crippen molar-refractivity contribution >= 4 is 42.3 Å². The van der Waals surface area contributed by atoms with Gasteiger partial charge in [-0.05, 0) is 30.0 Å². The molecule has 0 heterocycles. The van der Waals surface area contributed by atoms with E-state index in [4.69, 9.17) is 10.8 Å². The van der Waals surface area contributed by atoms with E-state index in [0.717, 1.165) is 0 Å². The van der Waals surface area contributed by atoms with Gasteiger partial charge in [0, 0.05) is 18.6 Å². The Labute approximate surface area is 214 Å². The van der Waals surface area contributed by atoms with Gasteiger partial charge in [0.25, 0.3) is 0 Å². The van der Waals surface area contributed by atoms with Gasteiger partial charge in [-0.1, -0.05) is 32.4 Å². The number of carbonyl (C=O) groups is 5. The van der Waals surface area contributed by atoms with E-state index < -0.39 is 60.2 Å². The number of rotatable bonds is 15. The number of phenols is 1. The SMILES string of the molecule is CCC(C)C(N)C(=O)NC(CS)C(=O)NC(CCC(=O)O)C(=O)NC(Cc1ccc(O)cc1)C(=O)O. The van der Waals surface area contributed by atoms with E-state index in [9.17, 15) is 34.2 Å². The Morgan fingerprint density at radius 1 is 0.917 bits per heavy atom. The molecule has 12 nitrogen and oxygen atoms in total. The Bertz CT molecular complexity index is 927. The molecule has 0 aliphatic rings. The second kappa shape index (κ2) is 14.9. The molecule has 0 spiro atoms. The van der Waals surface area contributed by atoms with Crippen LogP contribution in [0.2, 0.25) is 0 Å². The first-order valence-electron chi connectivity index (χ1n) is 11.4. The van der Waals surface area contributed by atoms with Gasteiger partial charge < -0.3 is 37.0 Å². The number of thiol groups is 1. The van der Waals surface area contributed by atoms with Crippen molar-refractivity contribution in [2.45, 2.75) is 63.7 Å². The van der Waals surface area contributed by atoms with E-state index in [1.807, 2.05) is 6.92 Å². The van der Waals surface area contributed by atoms with Gasteiger partial charge in [-0.25, -0.2) is 4.79 Å². The Morgan fingerprint density at radius 3 is 1.94 bits per heavy atom. The molecule has 8 N–H and O–H groups in total. The highest BCUT2D eigenvalue weighted by Gasteiger charge is 2.31. The number of aliphatic carboxylic acids is 2. The van der Waals surface area contributed by atoms with Crippen molar-refractivity contribution in [1.82, 2.24) is 16.0 Å². The molecule has 200 valence electrons. The molecule has 1 aromatic carbocycles. The number of carbonyl (C=O) groups excluding carboxylic acids is 3. The average molecular weight is 527 g/mol. The number of hydrogen-bond donors (Lipinski definition) is 8. The molecule has 0 bridgehead atoms. The van der Waals surface area contributed by atoms with Gasteiger partial charge in [-0.3, -0.25) is 19.2 Å². The molecule has 5 unspecified atom stereocenters. The lowest BCUT2D eigenvalue weighted by Gasteiger charge is -2.25. The van der Waals surface area contributed by atoms with Crippen LogP contribution >= 0.6 is 12.6 Å². The first-order chi connectivity index (χ1) is 16.9. The summed E-state index contributed by atoms with van der Waals surface area (Å²) >= 11 is 4.07. The average Bonchev–Trinajstić information content (AvgIpc) is 2.84. The quantitative estimate of drug-likeness (QED) is 0.140. The van der Waals surface area contributed by atoms with Crippen LogP contribution in [0, 0.1) is 5.92 Å². The third kappa shape index (κ3) is 10.1. The maximum Gasteiger partial charge on any atom is 0.326 e. The second-order valence-corrected chi connectivity index (χ2v) is 8.78. The number of carboxylic acids is 2. The van der Waals surface area contributed by atoms with Crippen LogP contribution in [0.3, 0.4) is 0 Å². The maximum absolute atomic E-state index is 12.9. The number of amides is 3. The standard InChI is InChI=1S/C23H34N4O8S/c1-3-12(2)19(24)22(33)27-17(11-36)21(32)25-15(8-9-18(29)30)20(31)26-16(23(34)35)10-13-4-6-14(28)7-5-13/h4-7,12,15-17,19,28,36H,3,8-11,24H2,1-2H3,(H,25,32)(H,26,31)(H,27,33)(H,29,30)(H,34,35). The fourth-order valence-corrected chi connectivity index (χ4v) is 3.38. The third-order valence-electron chi connectivity index (χ3n) is 5.65. The molecule has 5 atom stereocenters. The van der Waals surface area contributed by atoms with Crippen molar-refractivity contribution in [2.75, 3.05) is 5.75 Å². The summed E-state index contributed by atoms with van der Waals surface area (Å²) in [5, 5.41) is 35.1. The Kier molecular flexibility index (Phi) is 12.7. The van der Waals surface area contributed by atoms with Gasteiger partial charge in [0.1, 0.15) is 23.9 Å². The van der Waals surface area contributed by atoms with Crippen molar-refractivity contribution in [3.05, 3.63) is 29.8 Å². The maximum atomic E-state index is 12.9. The number of carboxylic acid groups (broad SMARTS) is 2. The van der Waals surface area contributed by atoms with Crippen LogP contribution in [-0.2, 0) is 30.4 Å². The molecule has 0 radical (unpaired) electrons. The lowest BCUT2D eigenvalue weighted by atomic mass is 9.99. The number of nitrogens with one attached hydrogen (secondary N) is 3. The van der Waals surface area contributed by atoms with Crippen LogP contribution in [-0.4, -0.2) is 74.9 Å². The molecule has 1 aromatic rings. The minimum absolute atomic E-state index is 0.0120. The summed E-state index contributed by atoms with van der Waals surface area (Å²) in [5.74, 6) is -5.14. The Balaban J connectivity index is 2.96. The fraction of sp³-hybridized carbons (Fsp3) is 0.522. The summed E-state index contributed by atoms with van der Waals surface area (Å²) in [7, 11) is 0. The lowest BCUT2D eigenvalue weighted by Crippen LogP contribution is -2.58. The van der Waals surface area contributed by atoms with E-state index in [-0.39, 0.29) is 30.3 Å². The molecule has 0 saturated carbocycles. The van der Waals surface area contributed by atoms with Crippen molar-refractivity contribution in [1.29, 1.82) is 0 Å². The van der Waals surface area contributed by atoms with Crippen LogP contribution in [0.5, 0.6) is 5.75 Å². The Hall–Kier alpha value is -3.32. The number of nitrogens with two attached hydrogens (primary N) is 1. The second-order valence-electron chi connectivity index (χ2n) is 8.42. The molecule has 36 heavy (non-hydrogen) atoms. The van der Waals surface area contributed by atoms with Crippen LogP contribution in [0.25, 0.3) is 0 Å². The zero-order valence-electron chi connectivity index (χ0n) is 20.1. The van der Waals surface area contributed by atoms with E-state index >= 15 is 0 Å². The highest BCUT2D eigenvalue weighted by atomic mass is 32.1. The number of hydrogen-bond acceptors (Lipinski definition) is 8. The number of benzene rings is 1. The molecule has 0 fully saturated rings. The van der Waals surface area contributed by atoms with Crippen LogP contribution in [0.15, 0.2) is 24.3 Å². The molecule has 0 aliphatic carbocycles. The number of phenolic OH excluding ortho intramolecular Hbond substituents is 1. The van der Waals surface area contributed by atoms with E-state index in [1.165, 1.54) is 24.3 Å². The third-order valence-corrected chi connectivity index (χ3v) is 6.01. The zero-order valence-corrected chi connectivity index (χ0v) is 21.0. The molecule has 0 aromatic heterocycles. The highest BCUT2D eigenvalue weighted by molar-refractivity contribution is 7.80. The molecule has 0 saturated heterocycles. The largest absolute Gasteiger partial charge is 0.508 e. The predicted molar refractivity (Wildman–Crippen MR) is 133 cm³/mol. The monoisotopic (exact) mass is 526 g/mol. The summed E-state index contributed by atoms with van der Waals surface area (Å²) in [6, 6.07) is 0.903. The van der Waals surface area contributed by atoms with Crippen LogP contribution < -0.4 is 21.7 Å². The minimum Gasteiger partial charge on any atom is -0.508 e. The summed E-state index contributed by atoms with van der Waals surface area (Å²) in [5.41, 5.74) is 6.41. The lowest BCUT2D eigenvalue weighted by molar-refractivity contribution is -0.143. The normalized spacial score (nSPS) is 15.0. The Morgan fingerprint density at radius 2 is 1.44 bits per heavy atom. The molecule has 3 amide bonds. The van der Waals surface area contributed by atoms with Crippen molar-refractivity contribution < 1.29 is 39.3 Å². The van der Waals surface area contributed by atoms with E-state index in [1.54, 1.807) is 6.92 Å². The van der Waals surface area contributed by atoms with Gasteiger partial charge in [-0.2, -0.15) is 12.6 Å². The van der Waals surface area contributed by atoms with Gasteiger partial charge in [0.2, 0.25) is 17.7 Å². The minimum atomic E-state index is -1.39. The molecular weight excluding hydrogens is 492 g/mol. The molecule has 13 heteroatoms. The van der Waals surface area contributed by atoms with Gasteiger partial charge >= 0.3 is 11.9 Å². The summed E-state index contributed by atoms with van der Waals surface area (Å²) in [6.07, 6.45) is -0.286. The van der Waals surface area contributed by atoms with Crippen molar-refractivity contribution in [3.8, 4) is 5.75 Å². The predicted octanol–water partition coefficient (Wildman–Crippen LogP) is -0.358. The van der Waals surface area contributed by atoms with Gasteiger partial charge in [0.05, 0.1) is 6.04 Å². The first-order valence-corrected chi connectivity index (χ1v) is 12.0. The van der Waals surface area contributed by atoms with Crippen molar-refractivity contribution in [3.63, 3.8) is 0 Å². The summed E-state index contributed by atoms with van der Waals surface area (Å²) in [6.45, 7) is 3.64. The zero-order chi connectivity index (χ0) is 27.4. The van der Waals surface area contributed by atoms with E-state index in [2.05, 4.69) is 28.6 Å². The summed E-state index contributed by atoms with van der Waals surface area (Å²) < 4.78 is 0. The molecular formula is C23H34N4O8S.